The zero-order valence-corrected chi connectivity index (χ0v) is 18.8. The highest BCUT2D eigenvalue weighted by Crippen LogP contribution is 2.52. The maximum Gasteiger partial charge on any atom is 0.162 e. The molecule has 0 aromatic heterocycles. The molecule has 0 bridgehead atoms. The van der Waals surface area contributed by atoms with Crippen molar-refractivity contribution in [1.29, 1.82) is 5.26 Å². The van der Waals surface area contributed by atoms with E-state index in [-0.39, 0.29) is 23.1 Å². The van der Waals surface area contributed by atoms with Crippen LogP contribution in [0, 0.1) is 17.1 Å². The first kappa shape index (κ1) is 21.1. The smallest absolute Gasteiger partial charge is 0.162 e. The van der Waals surface area contributed by atoms with Crippen molar-refractivity contribution in [3.05, 3.63) is 124 Å². The van der Waals surface area contributed by atoms with E-state index in [4.69, 9.17) is 5.73 Å². The van der Waals surface area contributed by atoms with E-state index < -0.39 is 11.7 Å². The van der Waals surface area contributed by atoms with Crippen LogP contribution in [0.4, 0.5) is 10.1 Å². The zero-order chi connectivity index (χ0) is 24.1. The van der Waals surface area contributed by atoms with E-state index in [1.165, 1.54) is 6.07 Å². The predicted molar refractivity (Wildman–Crippen MR) is 132 cm³/mol. The van der Waals surface area contributed by atoms with Crippen LogP contribution < -0.4 is 10.6 Å². The summed E-state index contributed by atoms with van der Waals surface area (Å²) in [5.74, 6) is -0.773. The van der Waals surface area contributed by atoms with E-state index in [0.717, 1.165) is 22.5 Å². The molecule has 0 saturated carbocycles. The van der Waals surface area contributed by atoms with Gasteiger partial charge in [-0.3, -0.25) is 9.69 Å². The number of hydrogen-bond donors (Lipinski definition) is 1. The van der Waals surface area contributed by atoms with Crippen LogP contribution in [-0.2, 0) is 4.79 Å². The third-order valence-electron chi connectivity index (χ3n) is 7.04. The third kappa shape index (κ3) is 3.20. The monoisotopic (exact) mass is 460 g/mol. The van der Waals surface area contributed by atoms with Gasteiger partial charge in [0.2, 0.25) is 0 Å². The Morgan fingerprint density at radius 3 is 2.46 bits per heavy atom. The van der Waals surface area contributed by atoms with Crippen molar-refractivity contribution < 1.29 is 9.18 Å². The first-order valence-corrected chi connectivity index (χ1v) is 11.5. The molecule has 2 heterocycles. The third-order valence-corrected chi connectivity index (χ3v) is 7.04. The van der Waals surface area contributed by atoms with Gasteiger partial charge in [0.25, 0.3) is 0 Å². The lowest BCUT2D eigenvalue weighted by molar-refractivity contribution is -0.116. The fourth-order valence-corrected chi connectivity index (χ4v) is 5.50. The Labute approximate surface area is 202 Å². The van der Waals surface area contributed by atoms with Gasteiger partial charge >= 0.3 is 0 Å². The normalized spacial score (nSPS) is 21.1. The molecule has 0 fully saturated rings. The highest BCUT2D eigenvalue weighted by molar-refractivity contribution is 6.08. The summed E-state index contributed by atoms with van der Waals surface area (Å²) in [6.45, 7) is 0. The van der Waals surface area contributed by atoms with Gasteiger partial charge in [-0.05, 0) is 36.1 Å². The average Bonchev–Trinajstić information content (AvgIpc) is 2.89. The zero-order valence-electron chi connectivity index (χ0n) is 18.8. The number of Topliss-reactive ketones (excluding diaryl/α,β-unsaturated/α-hetero) is 1. The summed E-state index contributed by atoms with van der Waals surface area (Å²) in [7, 11) is 0. The number of aliphatic imine (C=N–C) groups is 1. The Hall–Kier alpha value is -4.50. The Kier molecular flexibility index (Phi) is 4.85. The average molecular weight is 461 g/mol. The van der Waals surface area contributed by atoms with E-state index >= 15 is 4.39 Å². The van der Waals surface area contributed by atoms with E-state index in [1.54, 1.807) is 18.2 Å². The number of allylic oxidation sites excluding steroid dienone is 3. The number of nitrogens with two attached hydrogens (primary N) is 1. The molecule has 5 nitrogen and oxygen atoms in total. The van der Waals surface area contributed by atoms with Gasteiger partial charge in [0, 0.05) is 28.8 Å². The van der Waals surface area contributed by atoms with Crippen molar-refractivity contribution in [1.82, 2.24) is 0 Å². The van der Waals surface area contributed by atoms with Crippen LogP contribution in [0.15, 0.2) is 107 Å². The van der Waals surface area contributed by atoms with Gasteiger partial charge in [-0.25, -0.2) is 9.38 Å². The molecule has 0 spiro atoms. The van der Waals surface area contributed by atoms with Crippen LogP contribution in [0.3, 0.4) is 0 Å². The van der Waals surface area contributed by atoms with Crippen LogP contribution in [0.2, 0.25) is 0 Å². The summed E-state index contributed by atoms with van der Waals surface area (Å²) >= 11 is 0. The quantitative estimate of drug-likeness (QED) is 0.564. The van der Waals surface area contributed by atoms with E-state index in [0.29, 0.717) is 29.8 Å². The summed E-state index contributed by atoms with van der Waals surface area (Å²) in [6.07, 6.45) is 0.852. The number of hydrogen-bond acceptors (Lipinski definition) is 5. The van der Waals surface area contributed by atoms with Crippen molar-refractivity contribution in [3.8, 4) is 6.07 Å². The molecular formula is C29H21FN4O. The van der Waals surface area contributed by atoms with E-state index in [1.807, 2.05) is 59.5 Å². The second kappa shape index (κ2) is 8.07. The minimum atomic E-state index is -0.839. The number of carbonyl (C=O) groups excluding carboxylic acids is 1. The first-order chi connectivity index (χ1) is 17.1. The van der Waals surface area contributed by atoms with Crippen LogP contribution >= 0.6 is 0 Å². The molecule has 1 aliphatic carbocycles. The van der Waals surface area contributed by atoms with Crippen molar-refractivity contribution in [3.63, 3.8) is 0 Å². The van der Waals surface area contributed by atoms with Crippen molar-refractivity contribution >= 4 is 17.3 Å². The van der Waals surface area contributed by atoms with Crippen LogP contribution in [0.25, 0.3) is 0 Å². The van der Waals surface area contributed by atoms with Crippen LogP contribution in [-0.4, -0.2) is 11.6 Å². The maximum absolute atomic E-state index is 15.1. The standard InChI is InChI=1S/C29H21FN4O/c30-22-12-6-4-10-19(22)26-21(16-31)29-33-28(32)20-11-5-7-13-23(20)34(29)24-14-18(15-25(35)27(24)26)17-8-2-1-3-9-17/h1-13,18,26H,14-15H2,(H2,32,33)/t18-,26+/m0/s1. The molecule has 2 atom stereocenters. The van der Waals surface area contributed by atoms with Gasteiger partial charge in [0.15, 0.2) is 11.6 Å². The number of fused-ring (bicyclic) bond motifs is 4. The second-order valence-electron chi connectivity index (χ2n) is 8.95. The van der Waals surface area contributed by atoms with Crippen molar-refractivity contribution in [2.24, 2.45) is 10.7 Å². The molecule has 3 aromatic carbocycles. The fourth-order valence-electron chi connectivity index (χ4n) is 5.50. The molecule has 2 aliphatic heterocycles. The highest BCUT2D eigenvalue weighted by Gasteiger charge is 2.45. The number of carbonyl (C=O) groups is 1. The minimum absolute atomic E-state index is 0.0379. The molecule has 0 unspecified atom stereocenters. The Morgan fingerprint density at radius 1 is 0.971 bits per heavy atom. The van der Waals surface area contributed by atoms with Crippen molar-refractivity contribution in [2.75, 3.05) is 4.90 Å². The number of nitrogens with zero attached hydrogens (tertiary/aromatic N) is 3. The summed E-state index contributed by atoms with van der Waals surface area (Å²) in [4.78, 5) is 20.3. The molecular weight excluding hydrogens is 439 g/mol. The van der Waals surface area contributed by atoms with Gasteiger partial charge in [0.05, 0.1) is 23.2 Å². The number of para-hydroxylation sites is 1. The number of ketones is 1. The molecule has 0 radical (unpaired) electrons. The van der Waals surface area contributed by atoms with E-state index in [9.17, 15) is 10.1 Å². The molecule has 6 heteroatoms. The lowest BCUT2D eigenvalue weighted by atomic mass is 9.71. The Morgan fingerprint density at radius 2 is 1.69 bits per heavy atom. The molecule has 35 heavy (non-hydrogen) atoms. The summed E-state index contributed by atoms with van der Waals surface area (Å²) < 4.78 is 15.1. The maximum atomic E-state index is 15.1. The fraction of sp³-hybridized carbons (Fsp3) is 0.138. The minimum Gasteiger partial charge on any atom is -0.383 e. The SMILES string of the molecule is N#CC1=C2N=C(N)c3ccccc3N2C2=C(C(=O)C[C@@H](c3ccccc3)C2)[C@@H]1c1ccccc1F. The van der Waals surface area contributed by atoms with E-state index in [2.05, 4.69) is 11.1 Å². The molecule has 0 amide bonds. The van der Waals surface area contributed by atoms with Gasteiger partial charge < -0.3 is 5.73 Å². The van der Waals surface area contributed by atoms with Crippen molar-refractivity contribution in [2.45, 2.75) is 24.7 Å². The predicted octanol–water partition coefficient (Wildman–Crippen LogP) is 5.28. The number of anilines is 1. The van der Waals surface area contributed by atoms with Gasteiger partial charge in [-0.1, -0.05) is 60.7 Å². The summed E-state index contributed by atoms with van der Waals surface area (Å²) in [5.41, 5.74) is 10.6. The Bertz CT molecular complexity index is 1510. The highest BCUT2D eigenvalue weighted by atomic mass is 19.1. The molecule has 6 rings (SSSR count). The molecule has 0 saturated heterocycles. The molecule has 170 valence electrons. The molecule has 3 aliphatic rings. The number of rotatable bonds is 2. The molecule has 3 aromatic rings. The largest absolute Gasteiger partial charge is 0.383 e. The second-order valence-corrected chi connectivity index (χ2v) is 8.95. The van der Waals surface area contributed by atoms with Gasteiger partial charge in [-0.15, -0.1) is 0 Å². The summed E-state index contributed by atoms with van der Waals surface area (Å²) in [5, 5.41) is 10.3. The Balaban J connectivity index is 1.64. The number of nitriles is 1. The lowest BCUT2D eigenvalue weighted by Crippen LogP contribution is -2.40. The molecule has 2 N–H and O–H groups in total. The number of benzene rings is 3. The lowest BCUT2D eigenvalue weighted by Gasteiger charge is -2.43. The first-order valence-electron chi connectivity index (χ1n) is 11.5. The number of amidine groups is 1. The van der Waals surface area contributed by atoms with Gasteiger partial charge in [0.1, 0.15) is 11.7 Å². The van der Waals surface area contributed by atoms with Crippen LogP contribution in [0.5, 0.6) is 0 Å². The number of halogens is 1. The topological polar surface area (TPSA) is 82.5 Å². The van der Waals surface area contributed by atoms with Gasteiger partial charge in [-0.2, -0.15) is 5.26 Å². The summed E-state index contributed by atoms with van der Waals surface area (Å²) in [6, 6.07) is 26.1. The van der Waals surface area contributed by atoms with Crippen LogP contribution in [0.1, 0.15) is 41.4 Å².